The standard InChI is InChI=1S/C7H13N/c1-3-4-7(2)8-5-6-8/h4,7H,1,3,5-6H2,2H3. The van der Waals surface area contributed by atoms with Gasteiger partial charge in [-0.25, -0.2) is 0 Å². The van der Waals surface area contributed by atoms with Crippen LogP contribution in [0.1, 0.15) is 13.3 Å². The van der Waals surface area contributed by atoms with Crippen molar-refractivity contribution in [3.8, 4) is 0 Å². The third-order valence-electron chi connectivity index (χ3n) is 1.57. The van der Waals surface area contributed by atoms with Gasteiger partial charge in [-0.2, -0.15) is 0 Å². The predicted octanol–water partition coefficient (Wildman–Crippen LogP) is 1.12. The van der Waals surface area contributed by atoms with Gasteiger partial charge in [0.25, 0.3) is 0 Å². The topological polar surface area (TPSA) is 3.01 Å². The third kappa shape index (κ3) is 1.48. The van der Waals surface area contributed by atoms with Crippen LogP contribution in [0.5, 0.6) is 0 Å². The van der Waals surface area contributed by atoms with Gasteiger partial charge in [0.1, 0.15) is 0 Å². The second-order valence-corrected chi connectivity index (χ2v) is 2.30. The molecule has 1 unspecified atom stereocenters. The molecule has 1 nitrogen and oxygen atoms in total. The first-order valence-corrected chi connectivity index (χ1v) is 3.21. The van der Waals surface area contributed by atoms with Crippen LogP contribution in [0.4, 0.5) is 0 Å². The van der Waals surface area contributed by atoms with Crippen molar-refractivity contribution < 1.29 is 0 Å². The Morgan fingerprint density at radius 1 is 1.75 bits per heavy atom. The molecule has 0 aromatic carbocycles. The largest absolute Gasteiger partial charge is 0.298 e. The zero-order valence-electron chi connectivity index (χ0n) is 5.43. The lowest BCUT2D eigenvalue weighted by Crippen LogP contribution is -2.13. The molecule has 0 aliphatic carbocycles. The van der Waals surface area contributed by atoms with E-state index < -0.39 is 0 Å². The van der Waals surface area contributed by atoms with Crippen molar-refractivity contribution in [2.24, 2.45) is 0 Å². The van der Waals surface area contributed by atoms with Crippen molar-refractivity contribution >= 4 is 0 Å². The summed E-state index contributed by atoms with van der Waals surface area (Å²) in [5, 5.41) is 0. The molecule has 1 heterocycles. The van der Waals surface area contributed by atoms with Gasteiger partial charge in [-0.1, -0.05) is 6.92 Å². The smallest absolute Gasteiger partial charge is 0.0113 e. The third-order valence-corrected chi connectivity index (χ3v) is 1.57. The first kappa shape index (κ1) is 6.09. The summed E-state index contributed by atoms with van der Waals surface area (Å²) in [5.41, 5.74) is 0. The average Bonchev–Trinajstić information content (AvgIpc) is 2.45. The molecule has 2 radical (unpaired) electrons. The van der Waals surface area contributed by atoms with Crippen LogP contribution in [0.15, 0.2) is 0 Å². The van der Waals surface area contributed by atoms with Crippen molar-refractivity contribution in [2.45, 2.75) is 19.4 Å². The highest BCUT2D eigenvalue weighted by atomic mass is 15.3. The molecule has 0 bridgehead atoms. The minimum atomic E-state index is 0.674. The maximum Gasteiger partial charge on any atom is 0.0113 e. The molecule has 0 saturated carbocycles. The van der Waals surface area contributed by atoms with E-state index in [1.807, 2.05) is 0 Å². The molecule has 1 heteroatoms. The Labute approximate surface area is 51.7 Å². The van der Waals surface area contributed by atoms with Crippen molar-refractivity contribution in [1.29, 1.82) is 0 Å². The van der Waals surface area contributed by atoms with Gasteiger partial charge in [0.2, 0.25) is 0 Å². The Hall–Kier alpha value is -0.0400. The van der Waals surface area contributed by atoms with Crippen LogP contribution in [-0.4, -0.2) is 24.0 Å². The fourth-order valence-corrected chi connectivity index (χ4v) is 0.855. The van der Waals surface area contributed by atoms with Gasteiger partial charge in [0, 0.05) is 19.1 Å². The molecule has 0 spiro atoms. The molecule has 1 saturated heterocycles. The van der Waals surface area contributed by atoms with Crippen molar-refractivity contribution in [3.63, 3.8) is 0 Å². The van der Waals surface area contributed by atoms with Crippen LogP contribution in [-0.2, 0) is 0 Å². The molecule has 1 fully saturated rings. The van der Waals surface area contributed by atoms with E-state index in [1.165, 1.54) is 13.1 Å². The van der Waals surface area contributed by atoms with Crippen LogP contribution < -0.4 is 0 Å². The van der Waals surface area contributed by atoms with Gasteiger partial charge in [0.05, 0.1) is 0 Å². The van der Waals surface area contributed by atoms with Crippen LogP contribution in [0.25, 0.3) is 0 Å². The zero-order valence-corrected chi connectivity index (χ0v) is 5.43. The Balaban J connectivity index is 2.03. The molecular formula is C7H13N. The fourth-order valence-electron chi connectivity index (χ4n) is 0.855. The normalized spacial score (nSPS) is 23.2. The Morgan fingerprint density at radius 3 is 2.75 bits per heavy atom. The molecule has 1 aliphatic rings. The number of rotatable bonds is 3. The molecule has 46 valence electrons. The minimum absolute atomic E-state index is 0.674. The highest BCUT2D eigenvalue weighted by Gasteiger charge is 2.22. The summed E-state index contributed by atoms with van der Waals surface area (Å²) < 4.78 is 0. The molecule has 0 aromatic rings. The highest BCUT2D eigenvalue weighted by Crippen LogP contribution is 2.12. The van der Waals surface area contributed by atoms with E-state index in [4.69, 9.17) is 0 Å². The van der Waals surface area contributed by atoms with Gasteiger partial charge in [-0.15, -0.1) is 0 Å². The van der Waals surface area contributed by atoms with E-state index in [-0.39, 0.29) is 0 Å². The summed E-state index contributed by atoms with van der Waals surface area (Å²) in [4.78, 5) is 2.41. The molecule has 1 aliphatic heterocycles. The summed E-state index contributed by atoms with van der Waals surface area (Å²) in [7, 11) is 0. The average molecular weight is 111 g/mol. The lowest BCUT2D eigenvalue weighted by atomic mass is 10.2. The predicted molar refractivity (Wildman–Crippen MR) is 35.3 cm³/mol. The summed E-state index contributed by atoms with van der Waals surface area (Å²) >= 11 is 0. The number of hydrogen-bond acceptors (Lipinski definition) is 1. The van der Waals surface area contributed by atoms with Gasteiger partial charge in [-0.05, 0) is 19.8 Å². The Morgan fingerprint density at radius 2 is 2.38 bits per heavy atom. The molecule has 8 heavy (non-hydrogen) atoms. The fraction of sp³-hybridized carbons (Fsp3) is 0.714. The zero-order chi connectivity index (χ0) is 5.98. The number of nitrogens with zero attached hydrogens (tertiary/aromatic N) is 1. The quantitative estimate of drug-likeness (QED) is 0.493. The SMILES string of the molecule is [CH2]C[CH]C(C)N1CC1. The molecular weight excluding hydrogens is 98.1 g/mol. The maximum absolute atomic E-state index is 3.75. The molecule has 1 atom stereocenters. The summed E-state index contributed by atoms with van der Waals surface area (Å²) in [5.74, 6) is 0. The van der Waals surface area contributed by atoms with E-state index in [0.29, 0.717) is 6.04 Å². The summed E-state index contributed by atoms with van der Waals surface area (Å²) in [6.45, 7) is 8.55. The first-order valence-electron chi connectivity index (χ1n) is 3.21. The Kier molecular flexibility index (Phi) is 1.90. The van der Waals surface area contributed by atoms with Crippen LogP contribution in [0, 0.1) is 13.3 Å². The lowest BCUT2D eigenvalue weighted by Gasteiger charge is -2.08. The molecule has 0 aromatic heterocycles. The van der Waals surface area contributed by atoms with E-state index in [0.717, 1.165) is 6.42 Å². The Bertz CT molecular complexity index is 66.8. The van der Waals surface area contributed by atoms with E-state index in [1.54, 1.807) is 0 Å². The highest BCUT2D eigenvalue weighted by molar-refractivity contribution is 4.88. The monoisotopic (exact) mass is 111 g/mol. The van der Waals surface area contributed by atoms with Gasteiger partial charge in [0.15, 0.2) is 0 Å². The molecule has 1 rings (SSSR count). The lowest BCUT2D eigenvalue weighted by molar-refractivity contribution is 0.469. The van der Waals surface area contributed by atoms with Gasteiger partial charge < -0.3 is 0 Å². The molecule has 0 N–H and O–H groups in total. The van der Waals surface area contributed by atoms with E-state index >= 15 is 0 Å². The summed E-state index contributed by atoms with van der Waals surface area (Å²) in [6.07, 6.45) is 3.20. The molecule has 0 amide bonds. The van der Waals surface area contributed by atoms with Crippen molar-refractivity contribution in [2.75, 3.05) is 13.1 Å². The van der Waals surface area contributed by atoms with E-state index in [2.05, 4.69) is 25.2 Å². The van der Waals surface area contributed by atoms with Gasteiger partial charge >= 0.3 is 0 Å². The first-order chi connectivity index (χ1) is 3.84. The maximum atomic E-state index is 3.75. The minimum Gasteiger partial charge on any atom is -0.298 e. The van der Waals surface area contributed by atoms with Crippen molar-refractivity contribution in [1.82, 2.24) is 4.90 Å². The van der Waals surface area contributed by atoms with Gasteiger partial charge in [-0.3, -0.25) is 4.90 Å². The van der Waals surface area contributed by atoms with Crippen LogP contribution >= 0.6 is 0 Å². The second-order valence-electron chi connectivity index (χ2n) is 2.30. The van der Waals surface area contributed by atoms with Crippen LogP contribution in [0.2, 0.25) is 0 Å². The van der Waals surface area contributed by atoms with Crippen molar-refractivity contribution in [3.05, 3.63) is 13.3 Å². The summed E-state index contributed by atoms with van der Waals surface area (Å²) in [6, 6.07) is 0.674. The van der Waals surface area contributed by atoms with E-state index in [9.17, 15) is 0 Å². The number of hydrogen-bond donors (Lipinski definition) is 0. The van der Waals surface area contributed by atoms with Crippen LogP contribution in [0.3, 0.4) is 0 Å². The second kappa shape index (κ2) is 2.49.